The minimum Gasteiger partial charge on any atom is -0.371 e. The van der Waals surface area contributed by atoms with Crippen molar-refractivity contribution in [3.63, 3.8) is 0 Å². The molecule has 112 valence electrons. The van der Waals surface area contributed by atoms with Crippen molar-refractivity contribution in [3.8, 4) is 0 Å². The topological polar surface area (TPSA) is 74.0 Å². The van der Waals surface area contributed by atoms with Gasteiger partial charge >= 0.3 is 0 Å². The average Bonchev–Trinajstić information content (AvgIpc) is 3.13. The summed E-state index contributed by atoms with van der Waals surface area (Å²) >= 11 is 3.36. The van der Waals surface area contributed by atoms with Crippen LogP contribution in [0.25, 0.3) is 0 Å². The van der Waals surface area contributed by atoms with Crippen molar-refractivity contribution in [1.29, 1.82) is 0 Å². The third-order valence-electron chi connectivity index (χ3n) is 3.57. The van der Waals surface area contributed by atoms with Gasteiger partial charge in [-0.3, -0.25) is 14.2 Å². The van der Waals surface area contributed by atoms with Gasteiger partial charge in [0.25, 0.3) is 5.91 Å². The third kappa shape index (κ3) is 2.73. The lowest BCUT2D eigenvalue weighted by atomic mass is 10.1. The molecule has 7 nitrogen and oxygen atoms in total. The normalized spacial score (nSPS) is 21.7. The second-order valence-electron chi connectivity index (χ2n) is 5.08. The number of rotatable bonds is 3. The van der Waals surface area contributed by atoms with Crippen LogP contribution < -0.4 is 5.32 Å². The van der Waals surface area contributed by atoms with Crippen molar-refractivity contribution in [2.75, 3.05) is 6.61 Å². The summed E-state index contributed by atoms with van der Waals surface area (Å²) in [6.45, 7) is 0.624. The summed E-state index contributed by atoms with van der Waals surface area (Å²) in [5.74, 6) is -0.153. The van der Waals surface area contributed by atoms with Crippen molar-refractivity contribution in [1.82, 2.24) is 24.9 Å². The van der Waals surface area contributed by atoms with E-state index in [4.69, 9.17) is 4.74 Å². The molecule has 1 aliphatic rings. The molecule has 0 saturated carbocycles. The Labute approximate surface area is 130 Å². The number of carbonyl (C=O) groups is 1. The van der Waals surface area contributed by atoms with Crippen molar-refractivity contribution in [2.45, 2.75) is 18.6 Å². The van der Waals surface area contributed by atoms with Crippen LogP contribution in [0, 0.1) is 0 Å². The van der Waals surface area contributed by atoms with E-state index in [-0.39, 0.29) is 18.1 Å². The van der Waals surface area contributed by atoms with E-state index in [2.05, 4.69) is 31.4 Å². The van der Waals surface area contributed by atoms with Crippen LogP contribution in [-0.2, 0) is 18.8 Å². The highest BCUT2D eigenvalue weighted by molar-refractivity contribution is 9.10. The van der Waals surface area contributed by atoms with E-state index in [1.54, 1.807) is 28.8 Å². The van der Waals surface area contributed by atoms with Crippen LogP contribution in [0.15, 0.2) is 23.2 Å². The first kappa shape index (κ1) is 14.3. The molecule has 1 amide bonds. The zero-order valence-corrected chi connectivity index (χ0v) is 13.4. The molecule has 0 spiro atoms. The summed E-state index contributed by atoms with van der Waals surface area (Å²) in [6.07, 6.45) is 5.86. The van der Waals surface area contributed by atoms with Crippen LogP contribution >= 0.6 is 15.9 Å². The van der Waals surface area contributed by atoms with Gasteiger partial charge in [0.1, 0.15) is 10.7 Å². The number of aryl methyl sites for hydroxylation is 2. The van der Waals surface area contributed by atoms with E-state index in [0.717, 1.165) is 12.0 Å². The highest BCUT2D eigenvalue weighted by Crippen LogP contribution is 2.29. The largest absolute Gasteiger partial charge is 0.371 e. The predicted molar refractivity (Wildman–Crippen MR) is 78.7 cm³/mol. The highest BCUT2D eigenvalue weighted by atomic mass is 79.9. The number of aromatic nitrogens is 4. The smallest absolute Gasteiger partial charge is 0.255 e. The number of nitrogens with zero attached hydrogens (tertiary/aromatic N) is 4. The number of halogens is 1. The average molecular weight is 354 g/mol. The molecule has 3 heterocycles. The Bertz CT molecular complexity index is 665. The molecule has 1 N–H and O–H groups in total. The molecule has 21 heavy (non-hydrogen) atoms. The van der Waals surface area contributed by atoms with Gasteiger partial charge in [-0.15, -0.1) is 0 Å². The molecule has 3 rings (SSSR count). The van der Waals surface area contributed by atoms with Crippen molar-refractivity contribution < 1.29 is 9.53 Å². The molecule has 0 aliphatic carbocycles. The number of ether oxygens (including phenoxy) is 1. The standard InChI is InChI=1S/C13H16BrN5O2/c1-18-7-8(5-15-18)11-10(3-4-21-11)17-13(20)9-6-16-19(2)12(9)14/h5-7,10-11H,3-4H2,1-2H3,(H,17,20)/t10-,11+/m0/s1. The monoisotopic (exact) mass is 353 g/mol. The molecule has 0 radical (unpaired) electrons. The molecule has 0 bridgehead atoms. The quantitative estimate of drug-likeness (QED) is 0.898. The number of amides is 1. The lowest BCUT2D eigenvalue weighted by molar-refractivity contribution is 0.0821. The lowest BCUT2D eigenvalue weighted by Crippen LogP contribution is -2.36. The number of nitrogens with one attached hydrogen (secondary N) is 1. The molecule has 2 aromatic heterocycles. The fourth-order valence-electron chi connectivity index (χ4n) is 2.47. The maximum atomic E-state index is 12.3. The van der Waals surface area contributed by atoms with Gasteiger partial charge in [0, 0.05) is 32.5 Å². The predicted octanol–water partition coefficient (Wildman–Crippen LogP) is 1.18. The number of hydrogen-bond donors (Lipinski definition) is 1. The second-order valence-corrected chi connectivity index (χ2v) is 5.83. The summed E-state index contributed by atoms with van der Waals surface area (Å²) in [5, 5.41) is 11.2. The van der Waals surface area contributed by atoms with Gasteiger partial charge < -0.3 is 10.1 Å². The summed E-state index contributed by atoms with van der Waals surface area (Å²) in [5.41, 5.74) is 1.50. The fourth-order valence-corrected chi connectivity index (χ4v) is 2.85. The van der Waals surface area contributed by atoms with Crippen molar-refractivity contribution >= 4 is 21.8 Å². The zero-order valence-electron chi connectivity index (χ0n) is 11.8. The SMILES string of the molecule is Cn1cc([C@H]2OCC[C@@H]2NC(=O)c2cnn(C)c2Br)cn1. The molecule has 0 aromatic carbocycles. The van der Waals surface area contributed by atoms with E-state index in [0.29, 0.717) is 16.8 Å². The summed E-state index contributed by atoms with van der Waals surface area (Å²) < 4.78 is 9.74. The van der Waals surface area contributed by atoms with E-state index < -0.39 is 0 Å². The van der Waals surface area contributed by atoms with E-state index in [1.165, 1.54) is 0 Å². The first-order chi connectivity index (χ1) is 10.1. The van der Waals surface area contributed by atoms with Gasteiger partial charge in [-0.1, -0.05) is 0 Å². The van der Waals surface area contributed by atoms with E-state index in [1.807, 2.05) is 13.2 Å². The van der Waals surface area contributed by atoms with Gasteiger partial charge in [-0.2, -0.15) is 10.2 Å². The summed E-state index contributed by atoms with van der Waals surface area (Å²) in [4.78, 5) is 12.3. The molecule has 2 aromatic rings. The molecule has 1 aliphatic heterocycles. The van der Waals surface area contributed by atoms with Crippen LogP contribution in [0.1, 0.15) is 28.4 Å². The third-order valence-corrected chi connectivity index (χ3v) is 4.51. The molecule has 1 fully saturated rings. The van der Waals surface area contributed by atoms with E-state index in [9.17, 15) is 4.79 Å². The minimum absolute atomic E-state index is 0.0613. The minimum atomic E-state index is -0.155. The number of hydrogen-bond acceptors (Lipinski definition) is 4. The highest BCUT2D eigenvalue weighted by Gasteiger charge is 2.32. The molecule has 1 saturated heterocycles. The Kier molecular flexibility index (Phi) is 3.81. The van der Waals surface area contributed by atoms with Gasteiger partial charge in [0.2, 0.25) is 0 Å². The van der Waals surface area contributed by atoms with Crippen LogP contribution in [0.2, 0.25) is 0 Å². The molecule has 0 unspecified atom stereocenters. The first-order valence-electron chi connectivity index (χ1n) is 6.65. The van der Waals surface area contributed by atoms with Crippen LogP contribution in [0.5, 0.6) is 0 Å². The Morgan fingerprint density at radius 3 is 2.86 bits per heavy atom. The van der Waals surface area contributed by atoms with Crippen molar-refractivity contribution in [3.05, 3.63) is 34.3 Å². The first-order valence-corrected chi connectivity index (χ1v) is 7.44. The molecular weight excluding hydrogens is 338 g/mol. The Hall–Kier alpha value is -1.67. The zero-order chi connectivity index (χ0) is 15.0. The van der Waals surface area contributed by atoms with Crippen LogP contribution in [0.4, 0.5) is 0 Å². The molecule has 8 heteroatoms. The maximum Gasteiger partial charge on any atom is 0.255 e. The molecular formula is C13H16BrN5O2. The van der Waals surface area contributed by atoms with E-state index >= 15 is 0 Å². The number of carbonyl (C=O) groups excluding carboxylic acids is 1. The Morgan fingerprint density at radius 2 is 2.24 bits per heavy atom. The van der Waals surface area contributed by atoms with Gasteiger partial charge in [0.05, 0.1) is 24.0 Å². The lowest BCUT2D eigenvalue weighted by Gasteiger charge is -2.18. The van der Waals surface area contributed by atoms with Gasteiger partial charge in [-0.25, -0.2) is 0 Å². The Balaban J connectivity index is 1.74. The summed E-state index contributed by atoms with van der Waals surface area (Å²) in [6, 6.07) is -0.0613. The second kappa shape index (κ2) is 5.61. The van der Waals surface area contributed by atoms with Gasteiger partial charge in [-0.05, 0) is 22.4 Å². The van der Waals surface area contributed by atoms with Crippen molar-refractivity contribution in [2.24, 2.45) is 14.1 Å². The van der Waals surface area contributed by atoms with Gasteiger partial charge in [0.15, 0.2) is 0 Å². The van der Waals surface area contributed by atoms with Crippen LogP contribution in [-0.4, -0.2) is 38.1 Å². The van der Waals surface area contributed by atoms with Crippen LogP contribution in [0.3, 0.4) is 0 Å². The Morgan fingerprint density at radius 1 is 1.43 bits per heavy atom. The fraction of sp³-hybridized carbons (Fsp3) is 0.462. The summed E-state index contributed by atoms with van der Waals surface area (Å²) in [7, 11) is 3.64. The molecule has 2 atom stereocenters. The maximum absolute atomic E-state index is 12.3.